The summed E-state index contributed by atoms with van der Waals surface area (Å²) in [5, 5.41) is 6.72. The van der Waals surface area contributed by atoms with Crippen LogP contribution in [0.5, 0.6) is 0 Å². The van der Waals surface area contributed by atoms with Crippen molar-refractivity contribution in [1.29, 1.82) is 0 Å². The molecule has 1 N–H and O–H groups in total. The van der Waals surface area contributed by atoms with Crippen LogP contribution in [0.3, 0.4) is 0 Å². The number of unbranched alkanes of at least 4 members (excludes halogenated alkanes) is 18. The molecule has 0 amide bonds. The van der Waals surface area contributed by atoms with E-state index in [-0.39, 0.29) is 0 Å². The highest BCUT2D eigenvalue weighted by Crippen LogP contribution is 2.37. The fourth-order valence-electron chi connectivity index (χ4n) is 6.34. The van der Waals surface area contributed by atoms with Crippen LogP contribution in [-0.2, 0) is 6.42 Å². The van der Waals surface area contributed by atoms with Crippen molar-refractivity contribution in [3.8, 4) is 11.1 Å². The second kappa shape index (κ2) is 21.4. The van der Waals surface area contributed by atoms with Crippen molar-refractivity contribution >= 4 is 16.5 Å². The molecular weight excluding hydrogens is 494 g/mol. The highest BCUT2D eigenvalue weighted by molar-refractivity contribution is 6.00. The van der Waals surface area contributed by atoms with E-state index in [0.717, 1.165) is 13.0 Å². The minimum Gasteiger partial charge on any atom is -0.384 e. The van der Waals surface area contributed by atoms with E-state index in [1.54, 1.807) is 0 Å². The lowest BCUT2D eigenvalue weighted by atomic mass is 9.90. The van der Waals surface area contributed by atoms with E-state index >= 15 is 0 Å². The van der Waals surface area contributed by atoms with E-state index in [0.29, 0.717) is 0 Å². The zero-order valence-electron chi connectivity index (χ0n) is 26.8. The quantitative estimate of drug-likeness (QED) is 0.108. The van der Waals surface area contributed by atoms with Crippen molar-refractivity contribution < 1.29 is 0 Å². The van der Waals surface area contributed by atoms with Gasteiger partial charge in [0.2, 0.25) is 0 Å². The monoisotopic (exact) mass is 555 g/mol. The molecular formula is C40H61N. The summed E-state index contributed by atoms with van der Waals surface area (Å²) in [5.74, 6) is 0. The summed E-state index contributed by atoms with van der Waals surface area (Å²) in [6.07, 6.45) is 28.9. The fraction of sp³-hybridized carbons (Fsp3) is 0.600. The second-order valence-corrected chi connectivity index (χ2v) is 12.4. The van der Waals surface area contributed by atoms with Gasteiger partial charge in [0, 0.05) is 17.6 Å². The second-order valence-electron chi connectivity index (χ2n) is 12.4. The van der Waals surface area contributed by atoms with E-state index in [9.17, 15) is 0 Å². The average Bonchev–Trinajstić information content (AvgIpc) is 3.01. The standard InChI is InChI=1S/C40H61N/c1-3-5-7-9-11-13-15-17-19-24-32-38-39(35-28-22-21-23-29-35)34-36-30-25-26-31-37(36)40(38)41-33-27-20-18-16-14-12-10-8-6-4-2/h21-23,25-26,28-31,34,41H,3-20,24,27,32-33H2,1-2H3. The molecule has 0 unspecified atom stereocenters. The van der Waals surface area contributed by atoms with Gasteiger partial charge in [0.25, 0.3) is 0 Å². The Kier molecular flexibility index (Phi) is 17.4. The smallest absolute Gasteiger partial charge is 0.0458 e. The first-order valence-electron chi connectivity index (χ1n) is 17.7. The largest absolute Gasteiger partial charge is 0.384 e. The highest BCUT2D eigenvalue weighted by Gasteiger charge is 2.14. The molecule has 0 radical (unpaired) electrons. The van der Waals surface area contributed by atoms with Gasteiger partial charge in [-0.3, -0.25) is 0 Å². The van der Waals surface area contributed by atoms with Gasteiger partial charge in [-0.25, -0.2) is 0 Å². The molecule has 1 nitrogen and oxygen atoms in total. The molecule has 0 bridgehead atoms. The SMILES string of the molecule is CCCCCCCCCCCCNc1c(CCCCCCCCCCCC)c(-c2ccccc2)cc2ccccc12. The van der Waals surface area contributed by atoms with Crippen molar-refractivity contribution in [1.82, 2.24) is 0 Å². The zero-order chi connectivity index (χ0) is 28.8. The van der Waals surface area contributed by atoms with Crippen LogP contribution < -0.4 is 5.32 Å². The molecule has 0 heterocycles. The molecule has 3 aromatic carbocycles. The lowest BCUT2D eigenvalue weighted by Gasteiger charge is -2.20. The molecule has 41 heavy (non-hydrogen) atoms. The lowest BCUT2D eigenvalue weighted by molar-refractivity contribution is 0.556. The third-order valence-corrected chi connectivity index (χ3v) is 8.85. The van der Waals surface area contributed by atoms with Gasteiger partial charge >= 0.3 is 0 Å². The van der Waals surface area contributed by atoms with Gasteiger partial charge < -0.3 is 5.32 Å². The van der Waals surface area contributed by atoms with Crippen LogP contribution in [0.2, 0.25) is 0 Å². The normalized spacial score (nSPS) is 11.4. The maximum Gasteiger partial charge on any atom is 0.0458 e. The van der Waals surface area contributed by atoms with Crippen molar-refractivity contribution in [2.75, 3.05) is 11.9 Å². The van der Waals surface area contributed by atoms with Crippen LogP contribution in [0.1, 0.15) is 148 Å². The molecule has 0 saturated heterocycles. The number of nitrogens with one attached hydrogen (secondary N) is 1. The number of fused-ring (bicyclic) bond motifs is 1. The van der Waals surface area contributed by atoms with Crippen molar-refractivity contribution in [3.63, 3.8) is 0 Å². The van der Waals surface area contributed by atoms with Crippen LogP contribution in [0, 0.1) is 0 Å². The molecule has 3 rings (SSSR count). The zero-order valence-corrected chi connectivity index (χ0v) is 26.8. The Bertz CT molecular complexity index is 1050. The Morgan fingerprint density at radius 2 is 0.976 bits per heavy atom. The van der Waals surface area contributed by atoms with Gasteiger partial charge in [-0.15, -0.1) is 0 Å². The van der Waals surface area contributed by atoms with Gasteiger partial charge in [-0.2, -0.15) is 0 Å². The Labute approximate surface area is 253 Å². The minimum absolute atomic E-state index is 1.07. The minimum atomic E-state index is 1.07. The van der Waals surface area contributed by atoms with Crippen LogP contribution in [0.15, 0.2) is 60.7 Å². The van der Waals surface area contributed by atoms with Crippen LogP contribution >= 0.6 is 0 Å². The number of anilines is 1. The Hall–Kier alpha value is -2.28. The predicted octanol–water partition coefficient (Wildman–Crippen LogP) is 13.3. The fourth-order valence-corrected chi connectivity index (χ4v) is 6.34. The van der Waals surface area contributed by atoms with Crippen LogP contribution in [0.4, 0.5) is 5.69 Å². The summed E-state index contributed by atoms with van der Waals surface area (Å²) in [6.45, 7) is 5.68. The van der Waals surface area contributed by atoms with E-state index in [1.807, 2.05) is 0 Å². The van der Waals surface area contributed by atoms with Crippen molar-refractivity contribution in [3.05, 3.63) is 66.2 Å². The van der Waals surface area contributed by atoms with E-state index in [4.69, 9.17) is 0 Å². The first kappa shape index (κ1) is 33.2. The topological polar surface area (TPSA) is 12.0 Å². The highest BCUT2D eigenvalue weighted by atomic mass is 14.9. The van der Waals surface area contributed by atoms with E-state index in [1.165, 1.54) is 162 Å². The average molecular weight is 556 g/mol. The summed E-state index contributed by atoms with van der Waals surface area (Å²) in [5.41, 5.74) is 5.70. The predicted molar refractivity (Wildman–Crippen MR) is 185 cm³/mol. The summed E-state index contributed by atoms with van der Waals surface area (Å²) >= 11 is 0. The van der Waals surface area contributed by atoms with Gasteiger partial charge in [0.15, 0.2) is 0 Å². The van der Waals surface area contributed by atoms with Crippen molar-refractivity contribution in [2.24, 2.45) is 0 Å². The molecule has 1 heteroatoms. The molecule has 226 valence electrons. The first-order chi connectivity index (χ1) is 20.3. The lowest BCUT2D eigenvalue weighted by Crippen LogP contribution is -2.07. The number of hydrogen-bond donors (Lipinski definition) is 1. The summed E-state index contributed by atoms with van der Waals surface area (Å²) in [7, 11) is 0. The summed E-state index contributed by atoms with van der Waals surface area (Å²) in [6, 6.07) is 22.5. The molecule has 0 aliphatic heterocycles. The van der Waals surface area contributed by atoms with E-state index < -0.39 is 0 Å². The molecule has 0 atom stereocenters. The molecule has 0 aliphatic rings. The van der Waals surface area contributed by atoms with Crippen LogP contribution in [-0.4, -0.2) is 6.54 Å². The molecule has 3 aromatic rings. The molecule has 0 fully saturated rings. The molecule has 0 aromatic heterocycles. The van der Waals surface area contributed by atoms with Crippen LogP contribution in [0.25, 0.3) is 21.9 Å². The van der Waals surface area contributed by atoms with E-state index in [2.05, 4.69) is 79.8 Å². The molecule has 0 aliphatic carbocycles. The first-order valence-corrected chi connectivity index (χ1v) is 17.7. The van der Waals surface area contributed by atoms with Gasteiger partial charge in [0.05, 0.1) is 0 Å². The Balaban J connectivity index is 1.58. The number of rotatable bonds is 24. The van der Waals surface area contributed by atoms with Gasteiger partial charge in [0.1, 0.15) is 0 Å². The third-order valence-electron chi connectivity index (χ3n) is 8.85. The summed E-state index contributed by atoms with van der Waals surface area (Å²) in [4.78, 5) is 0. The molecule has 0 spiro atoms. The third kappa shape index (κ3) is 12.6. The molecule has 0 saturated carbocycles. The van der Waals surface area contributed by atoms with Gasteiger partial charge in [-0.05, 0) is 47.4 Å². The maximum absolute atomic E-state index is 3.98. The number of hydrogen-bond acceptors (Lipinski definition) is 1. The number of benzene rings is 3. The Morgan fingerprint density at radius 3 is 1.56 bits per heavy atom. The van der Waals surface area contributed by atoms with Gasteiger partial charge in [-0.1, -0.05) is 184 Å². The summed E-state index contributed by atoms with van der Waals surface area (Å²) < 4.78 is 0. The Morgan fingerprint density at radius 1 is 0.488 bits per heavy atom. The maximum atomic E-state index is 3.98. The van der Waals surface area contributed by atoms with Crippen molar-refractivity contribution in [2.45, 2.75) is 149 Å².